The Morgan fingerprint density at radius 3 is 2.17 bits per heavy atom. The van der Waals surface area contributed by atoms with E-state index in [1.807, 2.05) is 0 Å². The molecule has 0 fully saturated rings. The van der Waals surface area contributed by atoms with Gasteiger partial charge >= 0.3 is 5.97 Å². The van der Waals surface area contributed by atoms with Crippen LogP contribution in [0.1, 0.15) is 34.6 Å². The maximum Gasteiger partial charge on any atom is 0.339 e. The molecular weight excluding hydrogens is 779 g/mol. The first-order valence-corrected chi connectivity index (χ1v) is 18.3. The van der Waals surface area contributed by atoms with Gasteiger partial charge in [0.1, 0.15) is 51.1 Å². The molecule has 0 spiro atoms. The van der Waals surface area contributed by atoms with Gasteiger partial charge in [0.15, 0.2) is 5.75 Å². The number of rotatable bonds is 14. The number of phenolic OH excluding ortho intramolecular Hbond substituents is 1. The van der Waals surface area contributed by atoms with Crippen LogP contribution < -0.4 is 20.5 Å². The minimum atomic E-state index is -5.05. The number of carboxylic acid groups (broad SMARTS) is 1. The fraction of sp³-hybridized carbons (Fsp3) is 0.111. The number of H-pyrrole nitrogens is 1. The summed E-state index contributed by atoms with van der Waals surface area (Å²) in [4.78, 5) is 26.5. The van der Waals surface area contributed by atoms with Crippen LogP contribution in [0.4, 0.5) is 45.8 Å². The largest absolute Gasteiger partial charge is 0.507 e. The second kappa shape index (κ2) is 16.9. The average molecular weight is 810 g/mol. The third-order valence-electron chi connectivity index (χ3n) is 7.95. The molecule has 0 saturated heterocycles. The maximum absolute atomic E-state index is 13.4. The summed E-state index contributed by atoms with van der Waals surface area (Å²) in [5, 5.41) is 64.5. The highest BCUT2D eigenvalue weighted by Crippen LogP contribution is 2.47. The van der Waals surface area contributed by atoms with Crippen molar-refractivity contribution in [3.05, 3.63) is 90.3 Å². The number of nitrogens with two attached hydrogens (primary N) is 1. The smallest absolute Gasteiger partial charge is 0.339 e. The van der Waals surface area contributed by atoms with Gasteiger partial charge in [0.05, 0.1) is 36.0 Å². The summed E-state index contributed by atoms with van der Waals surface area (Å²) in [6.45, 7) is 3.68. The molecule has 0 atom stereocenters. The van der Waals surface area contributed by atoms with E-state index in [1.54, 1.807) is 13.8 Å². The van der Waals surface area contributed by atoms with Gasteiger partial charge in [-0.3, -0.25) is 9.35 Å². The number of carbonyl (C=O) groups is 2. The minimum absolute atomic E-state index is 0.00162. The standard InChI is InChI=1S/C36H31N11O10S/c1-3-56-28-16-26(43-45-32-30(58(53,54)55)14-22-21(33(32)49)10-11-24(37)31(22)44-47-36-38-17-39-46-36)29(57-4-2)15-25(28)40-34(50)18-5-7-19(8-6-18)41-42-20-9-12-27(48)23(13-20)35(51)52/h5-17,48-49H,3-4,37H2,1-2H3,(H,40,50)(H,51,52)(H,38,39,46)(H,53,54,55). The van der Waals surface area contributed by atoms with Crippen molar-refractivity contribution in [1.82, 2.24) is 15.2 Å². The number of aromatic amines is 1. The van der Waals surface area contributed by atoms with E-state index in [0.29, 0.717) is 5.69 Å². The van der Waals surface area contributed by atoms with Crippen LogP contribution in [0, 0.1) is 0 Å². The van der Waals surface area contributed by atoms with E-state index in [0.717, 1.165) is 12.1 Å². The Kier molecular flexibility index (Phi) is 11.6. The van der Waals surface area contributed by atoms with E-state index >= 15 is 0 Å². The molecule has 1 amide bonds. The number of nitrogen functional groups attached to an aromatic ring is 1. The number of phenols is 2. The quantitative estimate of drug-likeness (QED) is 0.0310. The lowest BCUT2D eigenvalue weighted by atomic mass is 10.1. The molecule has 8 N–H and O–H groups in total. The Labute approximate surface area is 327 Å². The molecule has 0 bridgehead atoms. The molecule has 0 aliphatic carbocycles. The van der Waals surface area contributed by atoms with Crippen LogP contribution in [0.5, 0.6) is 23.0 Å². The molecule has 0 aliphatic rings. The van der Waals surface area contributed by atoms with Crippen LogP contribution >= 0.6 is 0 Å². The van der Waals surface area contributed by atoms with Crippen LogP contribution in [0.15, 0.2) is 115 Å². The van der Waals surface area contributed by atoms with Crippen LogP contribution in [0.2, 0.25) is 0 Å². The second-order valence-corrected chi connectivity index (χ2v) is 13.1. The highest BCUT2D eigenvalue weighted by atomic mass is 32.2. The Morgan fingerprint density at radius 2 is 1.50 bits per heavy atom. The number of azo groups is 3. The molecule has 1 heterocycles. The first-order chi connectivity index (χ1) is 27.8. The highest BCUT2D eigenvalue weighted by Gasteiger charge is 2.25. The van der Waals surface area contributed by atoms with Gasteiger partial charge in [0.2, 0.25) is 0 Å². The predicted molar refractivity (Wildman–Crippen MR) is 207 cm³/mol. The number of aromatic carboxylic acids is 1. The number of hydrogen-bond acceptors (Lipinski definition) is 17. The third kappa shape index (κ3) is 8.82. The zero-order valence-electron chi connectivity index (χ0n) is 30.2. The summed E-state index contributed by atoms with van der Waals surface area (Å²) in [6, 6.07) is 16.3. The molecule has 1 aromatic heterocycles. The molecule has 0 unspecified atom stereocenters. The molecular formula is C36H31N11O10S. The number of carboxylic acids is 1. The monoisotopic (exact) mass is 809 g/mol. The fourth-order valence-corrected chi connectivity index (χ4v) is 5.94. The summed E-state index contributed by atoms with van der Waals surface area (Å²) in [5.41, 5.74) is 6.10. The number of nitrogens with zero attached hydrogens (tertiary/aromatic N) is 8. The first kappa shape index (κ1) is 39.8. The lowest BCUT2D eigenvalue weighted by Gasteiger charge is -2.15. The number of carbonyl (C=O) groups excluding carboxylic acids is 1. The SMILES string of the molecule is CCOc1cc(NC(=O)c2ccc(N=Nc3ccc(O)c(C(=O)O)c3)cc2)c(OCC)cc1N=Nc1c(S(=O)(=O)O)cc2c(N=Nc3nnc[nH]3)c(N)ccc2c1O. The zero-order valence-corrected chi connectivity index (χ0v) is 31.0. The molecule has 22 heteroatoms. The fourth-order valence-electron chi connectivity index (χ4n) is 5.29. The van der Waals surface area contributed by atoms with Crippen molar-refractivity contribution in [2.45, 2.75) is 18.7 Å². The van der Waals surface area contributed by atoms with Crippen molar-refractivity contribution in [1.29, 1.82) is 0 Å². The van der Waals surface area contributed by atoms with Gasteiger partial charge in [-0.15, -0.1) is 30.7 Å². The van der Waals surface area contributed by atoms with Crippen molar-refractivity contribution in [2.75, 3.05) is 24.3 Å². The van der Waals surface area contributed by atoms with E-state index in [2.05, 4.69) is 51.2 Å². The van der Waals surface area contributed by atoms with E-state index in [-0.39, 0.29) is 81.0 Å². The number of aromatic nitrogens is 3. The van der Waals surface area contributed by atoms with Gasteiger partial charge in [-0.25, -0.2) is 4.79 Å². The van der Waals surface area contributed by atoms with Gasteiger partial charge in [-0.1, -0.05) is 0 Å². The van der Waals surface area contributed by atoms with E-state index in [1.165, 1.54) is 67.0 Å². The molecule has 0 radical (unpaired) electrons. The molecule has 6 aromatic rings. The summed E-state index contributed by atoms with van der Waals surface area (Å²) >= 11 is 0. The van der Waals surface area contributed by atoms with Crippen LogP contribution in [0.3, 0.4) is 0 Å². The van der Waals surface area contributed by atoms with E-state index in [4.69, 9.17) is 15.2 Å². The minimum Gasteiger partial charge on any atom is -0.507 e. The maximum atomic E-state index is 13.4. The summed E-state index contributed by atoms with van der Waals surface area (Å²) in [5.74, 6) is -2.75. The van der Waals surface area contributed by atoms with Crippen molar-refractivity contribution in [3.63, 3.8) is 0 Å². The Balaban J connectivity index is 1.31. The lowest BCUT2D eigenvalue weighted by Crippen LogP contribution is -2.13. The lowest BCUT2D eigenvalue weighted by molar-refractivity contribution is 0.0693. The Bertz CT molecular complexity index is 2740. The molecule has 6 rings (SSSR count). The second-order valence-electron chi connectivity index (χ2n) is 11.7. The van der Waals surface area contributed by atoms with Gasteiger partial charge < -0.3 is 40.8 Å². The molecule has 0 aliphatic heterocycles. The third-order valence-corrected chi connectivity index (χ3v) is 8.82. The van der Waals surface area contributed by atoms with Crippen molar-refractivity contribution < 1.29 is 47.4 Å². The Morgan fingerprint density at radius 1 is 0.810 bits per heavy atom. The first-order valence-electron chi connectivity index (χ1n) is 16.9. The summed E-state index contributed by atoms with van der Waals surface area (Å²) < 4.78 is 47.0. The van der Waals surface area contributed by atoms with Gasteiger partial charge in [0.25, 0.3) is 22.0 Å². The van der Waals surface area contributed by atoms with Crippen LogP contribution in [-0.2, 0) is 10.1 Å². The van der Waals surface area contributed by atoms with Crippen molar-refractivity contribution >= 4 is 78.5 Å². The van der Waals surface area contributed by atoms with Crippen molar-refractivity contribution in [2.24, 2.45) is 30.7 Å². The number of amides is 1. The zero-order chi connectivity index (χ0) is 41.6. The predicted octanol–water partition coefficient (Wildman–Crippen LogP) is 8.19. The molecule has 21 nitrogen and oxygen atoms in total. The molecule has 296 valence electrons. The number of aromatic hydroxyl groups is 2. The van der Waals surface area contributed by atoms with Crippen LogP contribution in [0.25, 0.3) is 10.8 Å². The number of anilines is 2. The highest BCUT2D eigenvalue weighted by molar-refractivity contribution is 7.86. The number of ether oxygens (including phenoxy) is 2. The Hall–Kier alpha value is -7.85. The van der Waals surface area contributed by atoms with Gasteiger partial charge in [-0.05, 0) is 74.5 Å². The average Bonchev–Trinajstić information content (AvgIpc) is 3.71. The normalized spacial score (nSPS) is 11.8. The number of fused-ring (bicyclic) bond motifs is 1. The summed E-state index contributed by atoms with van der Waals surface area (Å²) in [7, 11) is -5.05. The molecule has 0 saturated carbocycles. The number of benzene rings is 5. The van der Waals surface area contributed by atoms with E-state index in [9.17, 15) is 37.9 Å². The molecule has 58 heavy (non-hydrogen) atoms. The van der Waals surface area contributed by atoms with Gasteiger partial charge in [0, 0.05) is 28.5 Å². The van der Waals surface area contributed by atoms with E-state index < -0.39 is 44.1 Å². The number of nitrogens with one attached hydrogen (secondary N) is 2. The number of hydrogen-bond donors (Lipinski definition) is 7. The van der Waals surface area contributed by atoms with Gasteiger partial charge in [-0.2, -0.15) is 18.6 Å². The topological polar surface area (TPSA) is 321 Å². The van der Waals surface area contributed by atoms with Crippen molar-refractivity contribution in [3.8, 4) is 23.0 Å². The molecule has 5 aromatic carbocycles. The van der Waals surface area contributed by atoms with Crippen LogP contribution in [-0.4, -0.2) is 68.6 Å². The summed E-state index contributed by atoms with van der Waals surface area (Å²) in [6.07, 6.45) is 1.26.